The molecule has 1 unspecified atom stereocenters. The summed E-state index contributed by atoms with van der Waals surface area (Å²) in [7, 11) is -3.61. The number of halogens is 1. The van der Waals surface area contributed by atoms with E-state index in [-0.39, 0.29) is 10.8 Å². The van der Waals surface area contributed by atoms with Crippen molar-refractivity contribution in [2.24, 2.45) is 5.92 Å². The monoisotopic (exact) mass is 301 g/mol. The van der Waals surface area contributed by atoms with Crippen LogP contribution in [0.15, 0.2) is 17.0 Å². The van der Waals surface area contributed by atoms with E-state index in [2.05, 4.69) is 4.72 Å². The molecule has 6 heteroatoms. The van der Waals surface area contributed by atoms with E-state index in [4.69, 9.17) is 4.74 Å². The van der Waals surface area contributed by atoms with Crippen LogP contribution in [0, 0.1) is 25.6 Å². The van der Waals surface area contributed by atoms with Crippen LogP contribution in [0.1, 0.15) is 24.0 Å². The summed E-state index contributed by atoms with van der Waals surface area (Å²) in [5.41, 5.74) is 0.852. The molecule has 112 valence electrons. The molecule has 1 heterocycles. The first-order valence-corrected chi connectivity index (χ1v) is 8.22. The van der Waals surface area contributed by atoms with Crippen LogP contribution in [0.2, 0.25) is 0 Å². The minimum Gasteiger partial charge on any atom is -0.381 e. The van der Waals surface area contributed by atoms with Crippen molar-refractivity contribution in [3.63, 3.8) is 0 Å². The number of sulfonamides is 1. The van der Waals surface area contributed by atoms with Crippen LogP contribution in [-0.2, 0) is 14.8 Å². The fourth-order valence-corrected chi connectivity index (χ4v) is 4.15. The predicted molar refractivity (Wildman–Crippen MR) is 74.6 cm³/mol. The van der Waals surface area contributed by atoms with Gasteiger partial charge in [0.25, 0.3) is 0 Å². The topological polar surface area (TPSA) is 55.4 Å². The third kappa shape index (κ3) is 3.56. The Kier molecular flexibility index (Phi) is 4.78. The van der Waals surface area contributed by atoms with E-state index in [1.807, 2.05) is 0 Å². The summed E-state index contributed by atoms with van der Waals surface area (Å²) in [5, 5.41) is 0. The smallest absolute Gasteiger partial charge is 0.241 e. The van der Waals surface area contributed by atoms with Crippen molar-refractivity contribution >= 4 is 10.0 Å². The van der Waals surface area contributed by atoms with Gasteiger partial charge < -0.3 is 4.74 Å². The number of benzene rings is 1. The first kappa shape index (κ1) is 15.4. The molecule has 1 fully saturated rings. The van der Waals surface area contributed by atoms with E-state index in [1.165, 1.54) is 12.1 Å². The Bertz CT molecular complexity index is 557. The Morgan fingerprint density at radius 2 is 2.00 bits per heavy atom. The van der Waals surface area contributed by atoms with Crippen molar-refractivity contribution < 1.29 is 17.5 Å². The van der Waals surface area contributed by atoms with Gasteiger partial charge in [0.05, 0.1) is 11.5 Å². The number of rotatable bonds is 4. The largest absolute Gasteiger partial charge is 0.381 e. The van der Waals surface area contributed by atoms with Crippen molar-refractivity contribution in [1.29, 1.82) is 0 Å². The lowest BCUT2D eigenvalue weighted by Crippen LogP contribution is -2.33. The lowest BCUT2D eigenvalue weighted by atomic mass is 10.0. The molecule has 1 aromatic carbocycles. The lowest BCUT2D eigenvalue weighted by molar-refractivity contribution is 0.0568. The molecule has 1 aliphatic rings. The highest BCUT2D eigenvalue weighted by Crippen LogP contribution is 2.22. The summed E-state index contributed by atoms with van der Waals surface area (Å²) in [5.74, 6) is -0.209. The standard InChI is InChI=1S/C14H20FNO3S/c1-10-6-13(15)7-11(2)14(10)20(17,18)16-8-12-4-3-5-19-9-12/h6-7,12,16H,3-5,8-9H2,1-2H3. The third-order valence-electron chi connectivity index (χ3n) is 3.51. The van der Waals surface area contributed by atoms with E-state index >= 15 is 0 Å². The van der Waals surface area contributed by atoms with Gasteiger partial charge in [0.15, 0.2) is 0 Å². The molecule has 0 aliphatic carbocycles. The molecule has 0 bridgehead atoms. The highest BCUT2D eigenvalue weighted by atomic mass is 32.2. The van der Waals surface area contributed by atoms with Gasteiger partial charge in [-0.2, -0.15) is 0 Å². The molecule has 0 aromatic heterocycles. The maximum Gasteiger partial charge on any atom is 0.241 e. The van der Waals surface area contributed by atoms with Crippen molar-refractivity contribution in [1.82, 2.24) is 4.72 Å². The van der Waals surface area contributed by atoms with E-state index in [1.54, 1.807) is 13.8 Å². The number of hydrogen-bond acceptors (Lipinski definition) is 3. The summed E-state index contributed by atoms with van der Waals surface area (Å²) < 4.78 is 45.9. The Morgan fingerprint density at radius 1 is 1.35 bits per heavy atom. The van der Waals surface area contributed by atoms with Crippen LogP contribution in [0.4, 0.5) is 4.39 Å². The third-order valence-corrected chi connectivity index (χ3v) is 5.24. The Balaban J connectivity index is 2.14. The molecule has 1 aromatic rings. The van der Waals surface area contributed by atoms with Gasteiger partial charge in [-0.25, -0.2) is 17.5 Å². The van der Waals surface area contributed by atoms with Gasteiger partial charge in [-0.1, -0.05) is 0 Å². The highest BCUT2D eigenvalue weighted by Gasteiger charge is 2.22. The van der Waals surface area contributed by atoms with E-state index in [9.17, 15) is 12.8 Å². The van der Waals surface area contributed by atoms with Crippen LogP contribution >= 0.6 is 0 Å². The zero-order valence-electron chi connectivity index (χ0n) is 11.8. The summed E-state index contributed by atoms with van der Waals surface area (Å²) in [4.78, 5) is 0.177. The Morgan fingerprint density at radius 3 is 2.55 bits per heavy atom. The van der Waals surface area contributed by atoms with Crippen LogP contribution in [0.5, 0.6) is 0 Å². The number of hydrogen-bond donors (Lipinski definition) is 1. The Hall–Kier alpha value is -0.980. The minimum atomic E-state index is -3.61. The molecule has 0 saturated carbocycles. The second-order valence-electron chi connectivity index (χ2n) is 5.30. The lowest BCUT2D eigenvalue weighted by Gasteiger charge is -2.22. The summed E-state index contributed by atoms with van der Waals surface area (Å²) in [6, 6.07) is 2.48. The number of ether oxygens (including phenoxy) is 1. The van der Waals surface area contributed by atoms with Crippen LogP contribution < -0.4 is 4.72 Å². The normalized spacial score (nSPS) is 20.1. The maximum atomic E-state index is 13.2. The van der Waals surface area contributed by atoms with Gasteiger partial charge in [0.2, 0.25) is 10.0 Å². The molecular weight excluding hydrogens is 281 g/mol. The fourth-order valence-electron chi connectivity index (χ4n) is 2.59. The van der Waals surface area contributed by atoms with E-state index < -0.39 is 15.8 Å². The molecule has 20 heavy (non-hydrogen) atoms. The van der Waals surface area contributed by atoms with Crippen molar-refractivity contribution in [3.05, 3.63) is 29.1 Å². The summed E-state index contributed by atoms with van der Waals surface area (Å²) in [6.45, 7) is 4.91. The summed E-state index contributed by atoms with van der Waals surface area (Å²) >= 11 is 0. The first-order chi connectivity index (χ1) is 9.40. The van der Waals surface area contributed by atoms with Crippen molar-refractivity contribution in [2.75, 3.05) is 19.8 Å². The second-order valence-corrected chi connectivity index (χ2v) is 7.01. The van der Waals surface area contributed by atoms with E-state index in [0.717, 1.165) is 19.4 Å². The predicted octanol–water partition coefficient (Wildman–Crippen LogP) is 2.15. The van der Waals surface area contributed by atoms with Crippen LogP contribution in [0.25, 0.3) is 0 Å². The molecular formula is C14H20FNO3S. The van der Waals surface area contributed by atoms with Crippen LogP contribution in [-0.4, -0.2) is 28.2 Å². The number of nitrogens with one attached hydrogen (secondary N) is 1. The molecule has 0 radical (unpaired) electrons. The molecule has 4 nitrogen and oxygen atoms in total. The zero-order valence-corrected chi connectivity index (χ0v) is 12.6. The van der Waals surface area contributed by atoms with Crippen molar-refractivity contribution in [2.45, 2.75) is 31.6 Å². The van der Waals surface area contributed by atoms with E-state index in [0.29, 0.717) is 24.3 Å². The average Bonchev–Trinajstić information content (AvgIpc) is 2.36. The SMILES string of the molecule is Cc1cc(F)cc(C)c1S(=O)(=O)NCC1CCCOC1. The quantitative estimate of drug-likeness (QED) is 0.927. The van der Waals surface area contributed by atoms with Gasteiger partial charge in [-0.05, 0) is 55.9 Å². The van der Waals surface area contributed by atoms with Gasteiger partial charge in [0, 0.05) is 13.2 Å². The zero-order chi connectivity index (χ0) is 14.8. The molecule has 1 saturated heterocycles. The number of aryl methyl sites for hydroxylation is 2. The maximum absolute atomic E-state index is 13.2. The molecule has 1 atom stereocenters. The molecule has 1 N–H and O–H groups in total. The van der Waals surface area contributed by atoms with Gasteiger partial charge >= 0.3 is 0 Å². The highest BCUT2D eigenvalue weighted by molar-refractivity contribution is 7.89. The van der Waals surface area contributed by atoms with Gasteiger partial charge in [0.1, 0.15) is 5.82 Å². The van der Waals surface area contributed by atoms with Gasteiger partial charge in [-0.15, -0.1) is 0 Å². The average molecular weight is 301 g/mol. The van der Waals surface area contributed by atoms with Crippen LogP contribution in [0.3, 0.4) is 0 Å². The molecule has 1 aliphatic heterocycles. The van der Waals surface area contributed by atoms with Crippen molar-refractivity contribution in [3.8, 4) is 0 Å². The summed E-state index contributed by atoms with van der Waals surface area (Å²) in [6.07, 6.45) is 1.92. The second kappa shape index (κ2) is 6.20. The van der Waals surface area contributed by atoms with Gasteiger partial charge in [-0.3, -0.25) is 0 Å². The first-order valence-electron chi connectivity index (χ1n) is 6.74. The Labute approximate surface area is 119 Å². The molecule has 2 rings (SSSR count). The fraction of sp³-hybridized carbons (Fsp3) is 0.571. The molecule has 0 spiro atoms. The minimum absolute atomic E-state index is 0.177. The molecule has 0 amide bonds.